The maximum absolute atomic E-state index is 11.0. The molecule has 0 aromatic rings. The van der Waals surface area contributed by atoms with Gasteiger partial charge in [-0.2, -0.15) is 0 Å². The number of rotatable bonds is 4. The van der Waals surface area contributed by atoms with Crippen molar-refractivity contribution in [3.63, 3.8) is 0 Å². The molecule has 0 aliphatic carbocycles. The third kappa shape index (κ3) is 6.31. The smallest absolute Gasteiger partial charge is 0.316 e. The van der Waals surface area contributed by atoms with Crippen molar-refractivity contribution in [1.29, 1.82) is 0 Å². The van der Waals surface area contributed by atoms with E-state index in [1.165, 1.54) is 0 Å². The zero-order valence-corrected chi connectivity index (χ0v) is 8.79. The molecule has 13 heavy (non-hydrogen) atoms. The van der Waals surface area contributed by atoms with Crippen molar-refractivity contribution in [2.75, 3.05) is 0 Å². The van der Waals surface area contributed by atoms with Gasteiger partial charge in [-0.1, -0.05) is 27.7 Å². The molecule has 0 aromatic heterocycles. The molecule has 0 aromatic carbocycles. The van der Waals surface area contributed by atoms with E-state index in [2.05, 4.69) is 4.74 Å². The molecule has 76 valence electrons. The quantitative estimate of drug-likeness (QED) is 0.499. The molecule has 0 saturated heterocycles. The van der Waals surface area contributed by atoms with Gasteiger partial charge in [0, 0.05) is 6.42 Å². The SMILES string of the molecule is CC(C)CCC(=O)OC(=O)C(C)C. The zero-order valence-electron chi connectivity index (χ0n) is 8.79. The molecule has 0 aliphatic rings. The number of hydrogen-bond acceptors (Lipinski definition) is 3. The molecule has 0 spiro atoms. The molecule has 0 unspecified atom stereocenters. The van der Waals surface area contributed by atoms with Gasteiger partial charge in [-0.15, -0.1) is 0 Å². The highest BCUT2D eigenvalue weighted by atomic mass is 16.6. The average molecular weight is 186 g/mol. The standard InChI is InChI=1S/C10H18O3/c1-7(2)5-6-9(11)13-10(12)8(3)4/h7-8H,5-6H2,1-4H3. The number of carbonyl (C=O) groups excluding carboxylic acids is 2. The Labute approximate surface area is 79.5 Å². The second-order valence-corrected chi connectivity index (χ2v) is 3.88. The summed E-state index contributed by atoms with van der Waals surface area (Å²) in [6, 6.07) is 0. The molecule has 0 aliphatic heterocycles. The van der Waals surface area contributed by atoms with Crippen molar-refractivity contribution in [3.05, 3.63) is 0 Å². The minimum Gasteiger partial charge on any atom is -0.393 e. The van der Waals surface area contributed by atoms with Crippen LogP contribution in [0.4, 0.5) is 0 Å². The van der Waals surface area contributed by atoms with Gasteiger partial charge in [0.2, 0.25) is 0 Å². The van der Waals surface area contributed by atoms with Crippen LogP contribution in [0.25, 0.3) is 0 Å². The van der Waals surface area contributed by atoms with Crippen LogP contribution in [0.5, 0.6) is 0 Å². The van der Waals surface area contributed by atoms with Crippen LogP contribution >= 0.6 is 0 Å². The molecular weight excluding hydrogens is 168 g/mol. The summed E-state index contributed by atoms with van der Waals surface area (Å²) in [4.78, 5) is 22.0. The second-order valence-electron chi connectivity index (χ2n) is 3.88. The summed E-state index contributed by atoms with van der Waals surface area (Å²) in [5.41, 5.74) is 0. The number of ether oxygens (including phenoxy) is 1. The third-order valence-electron chi connectivity index (χ3n) is 1.61. The molecule has 3 heteroatoms. The normalized spacial score (nSPS) is 10.6. The second kappa shape index (κ2) is 5.73. The molecule has 0 fully saturated rings. The average Bonchev–Trinajstić information content (AvgIpc) is 2.00. The summed E-state index contributed by atoms with van der Waals surface area (Å²) in [5.74, 6) is -0.620. The molecule has 0 amide bonds. The molecule has 0 radical (unpaired) electrons. The van der Waals surface area contributed by atoms with Crippen LogP contribution in [0, 0.1) is 11.8 Å². The van der Waals surface area contributed by atoms with Crippen molar-refractivity contribution >= 4 is 11.9 Å². The summed E-state index contributed by atoms with van der Waals surface area (Å²) in [5, 5.41) is 0. The topological polar surface area (TPSA) is 43.4 Å². The van der Waals surface area contributed by atoms with Crippen molar-refractivity contribution in [2.45, 2.75) is 40.5 Å². The van der Waals surface area contributed by atoms with Gasteiger partial charge in [-0.3, -0.25) is 9.59 Å². The first kappa shape index (κ1) is 12.1. The van der Waals surface area contributed by atoms with Crippen LogP contribution < -0.4 is 0 Å². The fourth-order valence-electron chi connectivity index (χ4n) is 0.688. The highest BCUT2D eigenvalue weighted by molar-refractivity contribution is 5.86. The molecule has 0 atom stereocenters. The van der Waals surface area contributed by atoms with Crippen LogP contribution in [0.3, 0.4) is 0 Å². The Bertz CT molecular complexity index is 183. The molecule has 3 nitrogen and oxygen atoms in total. The Balaban J connectivity index is 3.69. The first-order valence-corrected chi connectivity index (χ1v) is 4.68. The molecule has 0 N–H and O–H groups in total. The Morgan fingerprint density at radius 1 is 1.15 bits per heavy atom. The number of hydrogen-bond donors (Lipinski definition) is 0. The summed E-state index contributed by atoms with van der Waals surface area (Å²) >= 11 is 0. The van der Waals surface area contributed by atoms with Crippen molar-refractivity contribution in [2.24, 2.45) is 11.8 Å². The number of esters is 2. The van der Waals surface area contributed by atoms with E-state index in [0.717, 1.165) is 6.42 Å². The monoisotopic (exact) mass is 186 g/mol. The van der Waals surface area contributed by atoms with Crippen LogP contribution in [0.15, 0.2) is 0 Å². The Morgan fingerprint density at radius 2 is 1.69 bits per heavy atom. The summed E-state index contributed by atoms with van der Waals surface area (Å²) in [7, 11) is 0. The van der Waals surface area contributed by atoms with E-state index in [1.807, 2.05) is 13.8 Å². The Kier molecular flexibility index (Phi) is 5.35. The highest BCUT2D eigenvalue weighted by Crippen LogP contribution is 2.05. The highest BCUT2D eigenvalue weighted by Gasteiger charge is 2.13. The first-order valence-electron chi connectivity index (χ1n) is 4.68. The van der Waals surface area contributed by atoms with E-state index in [1.54, 1.807) is 13.8 Å². The lowest BCUT2D eigenvalue weighted by Crippen LogP contribution is -2.17. The van der Waals surface area contributed by atoms with Gasteiger partial charge < -0.3 is 4.74 Å². The van der Waals surface area contributed by atoms with Gasteiger partial charge in [0.25, 0.3) is 0 Å². The van der Waals surface area contributed by atoms with E-state index in [0.29, 0.717) is 12.3 Å². The van der Waals surface area contributed by atoms with Gasteiger partial charge in [-0.25, -0.2) is 0 Å². The van der Waals surface area contributed by atoms with E-state index in [4.69, 9.17) is 0 Å². The van der Waals surface area contributed by atoms with Crippen LogP contribution in [-0.2, 0) is 14.3 Å². The minimum atomic E-state index is -0.436. The molecule has 0 saturated carbocycles. The predicted molar refractivity (Wildman–Crippen MR) is 50.0 cm³/mol. The van der Waals surface area contributed by atoms with E-state index in [9.17, 15) is 9.59 Å². The molecular formula is C10H18O3. The minimum absolute atomic E-state index is 0.233. The summed E-state index contributed by atoms with van der Waals surface area (Å²) in [6.07, 6.45) is 1.10. The maximum atomic E-state index is 11.0. The molecule has 0 bridgehead atoms. The van der Waals surface area contributed by atoms with Crippen molar-refractivity contribution in [3.8, 4) is 0 Å². The van der Waals surface area contributed by atoms with Gasteiger partial charge in [0.15, 0.2) is 0 Å². The first-order chi connectivity index (χ1) is 5.93. The third-order valence-corrected chi connectivity index (χ3v) is 1.61. The van der Waals surface area contributed by atoms with Gasteiger partial charge in [0.05, 0.1) is 5.92 Å². The van der Waals surface area contributed by atoms with Gasteiger partial charge >= 0.3 is 11.9 Å². The maximum Gasteiger partial charge on any atom is 0.316 e. The van der Waals surface area contributed by atoms with E-state index >= 15 is 0 Å². The fraction of sp³-hybridized carbons (Fsp3) is 0.800. The Hall–Kier alpha value is -0.860. The fourth-order valence-corrected chi connectivity index (χ4v) is 0.688. The van der Waals surface area contributed by atoms with E-state index < -0.39 is 11.9 Å². The predicted octanol–water partition coefficient (Wildman–Crippen LogP) is 2.15. The van der Waals surface area contributed by atoms with Crippen molar-refractivity contribution < 1.29 is 14.3 Å². The lowest BCUT2D eigenvalue weighted by molar-refractivity contribution is -0.162. The molecule has 0 heterocycles. The Morgan fingerprint density at radius 3 is 2.08 bits per heavy atom. The summed E-state index contributed by atoms with van der Waals surface area (Å²) in [6.45, 7) is 7.46. The van der Waals surface area contributed by atoms with Crippen LogP contribution in [-0.4, -0.2) is 11.9 Å². The zero-order chi connectivity index (χ0) is 10.4. The van der Waals surface area contributed by atoms with E-state index in [-0.39, 0.29) is 5.92 Å². The van der Waals surface area contributed by atoms with Crippen LogP contribution in [0.1, 0.15) is 40.5 Å². The van der Waals surface area contributed by atoms with Crippen LogP contribution in [0.2, 0.25) is 0 Å². The van der Waals surface area contributed by atoms with Crippen molar-refractivity contribution in [1.82, 2.24) is 0 Å². The van der Waals surface area contributed by atoms with Gasteiger partial charge in [-0.05, 0) is 12.3 Å². The molecule has 0 rings (SSSR count). The lowest BCUT2D eigenvalue weighted by atomic mass is 10.1. The largest absolute Gasteiger partial charge is 0.393 e. The lowest BCUT2D eigenvalue weighted by Gasteiger charge is -2.06. The van der Waals surface area contributed by atoms with Gasteiger partial charge in [0.1, 0.15) is 0 Å². The summed E-state index contributed by atoms with van der Waals surface area (Å²) < 4.78 is 4.58. The number of carbonyl (C=O) groups is 2.